The van der Waals surface area contributed by atoms with Crippen LogP contribution in [0.5, 0.6) is 11.5 Å². The molecule has 1 aliphatic carbocycles. The SMILES string of the molecule is COc1ccc(C2=NN(C3CCN(C(=O)[C@H](N)Cc4ccc(Cl)cc4Cl)CC3)C(=O)[C@@H]3CCCC[C@H]23)cc1OC. The molecule has 5 rings (SSSR count). The minimum absolute atomic E-state index is 0.0727. The molecule has 3 aliphatic rings. The Morgan fingerprint density at radius 2 is 1.70 bits per heavy atom. The monoisotopic (exact) mass is 586 g/mol. The van der Waals surface area contributed by atoms with Crippen molar-refractivity contribution in [2.75, 3.05) is 27.3 Å². The fraction of sp³-hybridized carbons (Fsp3) is 0.500. The largest absolute Gasteiger partial charge is 0.493 e. The van der Waals surface area contributed by atoms with Crippen molar-refractivity contribution in [1.29, 1.82) is 0 Å². The van der Waals surface area contributed by atoms with Crippen LogP contribution in [-0.4, -0.2) is 66.8 Å². The summed E-state index contributed by atoms with van der Waals surface area (Å²) in [5.74, 6) is 1.30. The molecule has 0 aromatic heterocycles. The third-order valence-electron chi connectivity index (χ3n) is 8.45. The summed E-state index contributed by atoms with van der Waals surface area (Å²) >= 11 is 12.3. The average molecular weight is 588 g/mol. The second-order valence-corrected chi connectivity index (χ2v) is 11.7. The van der Waals surface area contributed by atoms with Crippen molar-refractivity contribution in [2.45, 2.75) is 57.0 Å². The summed E-state index contributed by atoms with van der Waals surface area (Å²) in [4.78, 5) is 28.7. The van der Waals surface area contributed by atoms with Gasteiger partial charge in [0.2, 0.25) is 11.8 Å². The molecule has 2 aromatic carbocycles. The second kappa shape index (κ2) is 12.4. The number of nitrogens with zero attached hydrogens (tertiary/aromatic N) is 3. The fourth-order valence-electron chi connectivity index (χ4n) is 6.27. The first-order chi connectivity index (χ1) is 19.3. The maximum Gasteiger partial charge on any atom is 0.246 e. The molecule has 0 bridgehead atoms. The van der Waals surface area contributed by atoms with Crippen molar-refractivity contribution in [3.63, 3.8) is 0 Å². The number of halogens is 2. The Morgan fingerprint density at radius 1 is 1.00 bits per heavy atom. The number of nitrogens with two attached hydrogens (primary N) is 1. The Bertz CT molecular complexity index is 1290. The zero-order valence-electron chi connectivity index (χ0n) is 22.9. The number of rotatable bonds is 7. The molecule has 2 amide bonds. The number of methoxy groups -OCH3 is 2. The van der Waals surface area contributed by atoms with Gasteiger partial charge in [-0.05, 0) is 68.0 Å². The van der Waals surface area contributed by atoms with Crippen LogP contribution in [0, 0.1) is 11.8 Å². The van der Waals surface area contributed by atoms with Crippen LogP contribution >= 0.6 is 23.2 Å². The first-order valence-electron chi connectivity index (χ1n) is 13.9. The maximum atomic E-state index is 13.7. The average Bonchev–Trinajstić information content (AvgIpc) is 2.98. The van der Waals surface area contributed by atoms with Gasteiger partial charge in [0.25, 0.3) is 0 Å². The minimum atomic E-state index is -0.704. The molecule has 2 fully saturated rings. The number of carbonyl (C=O) groups is 2. The molecule has 2 heterocycles. The van der Waals surface area contributed by atoms with Gasteiger partial charge in [0.15, 0.2) is 11.5 Å². The molecule has 1 saturated heterocycles. The van der Waals surface area contributed by atoms with E-state index in [1.807, 2.05) is 18.2 Å². The number of piperidine rings is 1. The third-order valence-corrected chi connectivity index (χ3v) is 9.04. The van der Waals surface area contributed by atoms with E-state index in [1.165, 1.54) is 0 Å². The smallest absolute Gasteiger partial charge is 0.246 e. The fourth-order valence-corrected chi connectivity index (χ4v) is 6.75. The highest BCUT2D eigenvalue weighted by atomic mass is 35.5. The summed E-state index contributed by atoms with van der Waals surface area (Å²) in [6.07, 6.45) is 5.57. The zero-order valence-corrected chi connectivity index (χ0v) is 24.5. The number of carbonyl (C=O) groups excluding carboxylic acids is 2. The molecule has 2 aromatic rings. The van der Waals surface area contributed by atoms with Crippen LogP contribution in [0.4, 0.5) is 0 Å². The minimum Gasteiger partial charge on any atom is -0.493 e. The van der Waals surface area contributed by atoms with Gasteiger partial charge in [-0.2, -0.15) is 5.10 Å². The highest BCUT2D eigenvalue weighted by molar-refractivity contribution is 6.35. The Balaban J connectivity index is 1.31. The number of hydrazone groups is 1. The topological polar surface area (TPSA) is 97.5 Å². The van der Waals surface area contributed by atoms with E-state index in [2.05, 4.69) is 0 Å². The number of hydrogen-bond donors (Lipinski definition) is 1. The summed E-state index contributed by atoms with van der Waals surface area (Å²) in [6.45, 7) is 1.04. The normalized spacial score (nSPS) is 22.4. The van der Waals surface area contributed by atoms with Crippen LogP contribution in [-0.2, 0) is 16.0 Å². The zero-order chi connectivity index (χ0) is 28.4. The van der Waals surface area contributed by atoms with Crippen molar-refractivity contribution in [2.24, 2.45) is 22.7 Å². The van der Waals surface area contributed by atoms with Crippen LogP contribution in [0.1, 0.15) is 49.7 Å². The summed E-state index contributed by atoms with van der Waals surface area (Å²) < 4.78 is 11.0. The first-order valence-corrected chi connectivity index (χ1v) is 14.7. The van der Waals surface area contributed by atoms with Crippen LogP contribution < -0.4 is 15.2 Å². The van der Waals surface area contributed by atoms with Gasteiger partial charge >= 0.3 is 0 Å². The number of fused-ring (bicyclic) bond motifs is 1. The lowest BCUT2D eigenvalue weighted by Gasteiger charge is -2.43. The van der Waals surface area contributed by atoms with Crippen LogP contribution in [0.3, 0.4) is 0 Å². The molecule has 2 N–H and O–H groups in total. The van der Waals surface area contributed by atoms with Crippen LogP contribution in [0.25, 0.3) is 0 Å². The lowest BCUT2D eigenvalue weighted by atomic mass is 9.73. The Hall–Kier alpha value is -2.81. The van der Waals surface area contributed by atoms with Gasteiger partial charge in [-0.1, -0.05) is 42.1 Å². The van der Waals surface area contributed by atoms with Crippen LogP contribution in [0.15, 0.2) is 41.5 Å². The highest BCUT2D eigenvalue weighted by Gasteiger charge is 2.44. The maximum absolute atomic E-state index is 13.7. The van der Waals surface area contributed by atoms with Gasteiger partial charge in [-0.3, -0.25) is 9.59 Å². The predicted molar refractivity (Wildman–Crippen MR) is 156 cm³/mol. The van der Waals surface area contributed by atoms with E-state index in [0.29, 0.717) is 53.9 Å². The number of likely N-dealkylation sites (tertiary alicyclic amines) is 1. The van der Waals surface area contributed by atoms with Gasteiger partial charge in [0.05, 0.1) is 32.0 Å². The number of hydrogen-bond acceptors (Lipinski definition) is 6. The molecule has 8 nitrogen and oxygen atoms in total. The van der Waals surface area contributed by atoms with Gasteiger partial charge < -0.3 is 20.1 Å². The molecule has 0 spiro atoms. The predicted octanol–water partition coefficient (Wildman–Crippen LogP) is 4.92. The van der Waals surface area contributed by atoms with Crippen LogP contribution in [0.2, 0.25) is 10.0 Å². The standard InChI is InChI=1S/C30H36Cl2N4O4/c1-39-26-10-8-19(16-27(26)40-2)28-22-5-3-4-6-23(22)29(37)36(34-28)21-11-13-35(14-12-21)30(38)25(33)15-18-7-9-20(31)17-24(18)32/h7-10,16-17,21-23,25H,3-6,11-15,33H2,1-2H3/t22-,23+,25+/m0/s1. The first kappa shape index (κ1) is 28.7. The molecule has 0 radical (unpaired) electrons. The third kappa shape index (κ3) is 5.80. The van der Waals surface area contributed by atoms with Crippen molar-refractivity contribution in [3.05, 3.63) is 57.6 Å². The van der Waals surface area contributed by atoms with E-state index in [4.69, 9.17) is 43.5 Å². The van der Waals surface area contributed by atoms with Gasteiger partial charge in [0.1, 0.15) is 0 Å². The molecule has 0 unspecified atom stereocenters. The van der Waals surface area contributed by atoms with E-state index in [-0.39, 0.29) is 29.7 Å². The molecule has 3 atom stereocenters. The van der Waals surface area contributed by atoms with Gasteiger partial charge in [-0.15, -0.1) is 0 Å². The van der Waals surface area contributed by atoms with Crippen molar-refractivity contribution >= 4 is 40.7 Å². The van der Waals surface area contributed by atoms with E-state index in [1.54, 1.807) is 42.3 Å². The molecule has 214 valence electrons. The molecule has 1 saturated carbocycles. The summed E-state index contributed by atoms with van der Waals surface area (Å²) in [5.41, 5.74) is 8.98. The number of amides is 2. The lowest BCUT2D eigenvalue weighted by Crippen LogP contribution is -2.54. The van der Waals surface area contributed by atoms with Crippen molar-refractivity contribution in [3.8, 4) is 11.5 Å². The van der Waals surface area contributed by atoms with E-state index < -0.39 is 6.04 Å². The molecular formula is C30H36Cl2N4O4. The number of ether oxygens (including phenoxy) is 2. The number of benzene rings is 2. The van der Waals surface area contributed by atoms with Gasteiger partial charge in [0, 0.05) is 40.5 Å². The van der Waals surface area contributed by atoms with Gasteiger partial charge in [-0.25, -0.2) is 5.01 Å². The van der Waals surface area contributed by atoms with Crippen molar-refractivity contribution in [1.82, 2.24) is 9.91 Å². The van der Waals surface area contributed by atoms with Crippen molar-refractivity contribution < 1.29 is 19.1 Å². The lowest BCUT2D eigenvalue weighted by molar-refractivity contribution is -0.143. The molecule has 40 heavy (non-hydrogen) atoms. The van der Waals surface area contributed by atoms with E-state index in [9.17, 15) is 9.59 Å². The quantitative estimate of drug-likeness (QED) is 0.496. The Labute approximate surface area is 245 Å². The second-order valence-electron chi connectivity index (χ2n) is 10.8. The Morgan fingerprint density at radius 3 is 2.38 bits per heavy atom. The molecule has 2 aliphatic heterocycles. The highest BCUT2D eigenvalue weighted by Crippen LogP contribution is 2.40. The molecular weight excluding hydrogens is 551 g/mol. The summed E-state index contributed by atoms with van der Waals surface area (Å²) in [6, 6.07) is 10.3. The molecule has 10 heteroatoms. The Kier molecular flexibility index (Phi) is 8.88. The summed E-state index contributed by atoms with van der Waals surface area (Å²) in [7, 11) is 3.23. The van der Waals surface area contributed by atoms with E-state index in [0.717, 1.165) is 42.5 Å². The van der Waals surface area contributed by atoms with E-state index >= 15 is 0 Å². The summed E-state index contributed by atoms with van der Waals surface area (Å²) in [5, 5.41) is 7.76.